The second kappa shape index (κ2) is 9.71. The van der Waals surface area contributed by atoms with Crippen molar-refractivity contribution in [1.29, 1.82) is 10.5 Å². The lowest BCUT2D eigenvalue weighted by molar-refractivity contribution is 0.566. The molecule has 1 aromatic heterocycles. The lowest BCUT2D eigenvalue weighted by atomic mass is 9.91. The van der Waals surface area contributed by atoms with E-state index in [0.29, 0.717) is 27.9 Å². The smallest absolute Gasteiger partial charge is 0.241 e. The minimum Gasteiger partial charge on any atom is -0.336 e. The molecule has 4 aromatic carbocycles. The number of aromatic nitrogens is 2. The summed E-state index contributed by atoms with van der Waals surface area (Å²) in [5, 5.41) is 21.0. The molecule has 1 heterocycles. The number of hydrogen-bond acceptors (Lipinski definition) is 5. The largest absolute Gasteiger partial charge is 0.336 e. The molecule has 0 spiro atoms. The number of benzene rings is 4. The summed E-state index contributed by atoms with van der Waals surface area (Å²) in [6.45, 7) is 0. The lowest BCUT2D eigenvalue weighted by Crippen LogP contribution is -2.30. The maximum absolute atomic E-state index is 13.4. The molecule has 1 atom stereocenters. The monoisotopic (exact) mass is 503 g/mol. The molecule has 0 radical (unpaired) electrons. The number of hydrogen-bond donors (Lipinski definition) is 1. The average Bonchev–Trinajstić information content (AvgIpc) is 3.36. The summed E-state index contributed by atoms with van der Waals surface area (Å²) in [7, 11) is -2.18. The highest BCUT2D eigenvalue weighted by molar-refractivity contribution is 7.89. The predicted molar refractivity (Wildman–Crippen MR) is 141 cm³/mol. The second-order valence-corrected chi connectivity index (χ2v) is 10.3. The summed E-state index contributed by atoms with van der Waals surface area (Å²) in [5.74, 6) is 0. The minimum absolute atomic E-state index is 0.0431. The number of nitriles is 2. The molecule has 7 nitrogen and oxygen atoms in total. The van der Waals surface area contributed by atoms with E-state index in [1.807, 2.05) is 54.6 Å². The predicted octanol–water partition coefficient (Wildman–Crippen LogP) is 5.05. The van der Waals surface area contributed by atoms with E-state index in [1.54, 1.807) is 36.3 Å². The molecule has 0 amide bonds. The molecule has 180 valence electrons. The van der Waals surface area contributed by atoms with Crippen molar-refractivity contribution < 1.29 is 8.42 Å². The van der Waals surface area contributed by atoms with Crippen LogP contribution in [0.2, 0.25) is 0 Å². The third kappa shape index (κ3) is 4.60. The lowest BCUT2D eigenvalue weighted by Gasteiger charge is -2.21. The van der Waals surface area contributed by atoms with Gasteiger partial charge in [-0.15, -0.1) is 0 Å². The highest BCUT2D eigenvalue weighted by Gasteiger charge is 2.26. The Kier molecular flexibility index (Phi) is 6.29. The van der Waals surface area contributed by atoms with E-state index in [0.717, 1.165) is 16.3 Å². The van der Waals surface area contributed by atoms with Crippen LogP contribution < -0.4 is 4.72 Å². The molecular formula is C29H21N5O2S. The fourth-order valence-corrected chi connectivity index (χ4v) is 5.60. The Morgan fingerprint density at radius 2 is 1.65 bits per heavy atom. The fourth-order valence-electron chi connectivity index (χ4n) is 4.40. The Morgan fingerprint density at radius 1 is 0.892 bits per heavy atom. The molecule has 0 aliphatic rings. The van der Waals surface area contributed by atoms with Crippen LogP contribution >= 0.6 is 0 Å². The zero-order chi connectivity index (χ0) is 26.0. The summed E-state index contributed by atoms with van der Waals surface area (Å²) in [6.07, 6.45) is 3.22. The van der Waals surface area contributed by atoms with Gasteiger partial charge in [0.25, 0.3) is 0 Å². The Morgan fingerprint density at radius 3 is 2.35 bits per heavy atom. The minimum atomic E-state index is -3.97. The first-order chi connectivity index (χ1) is 17.9. The van der Waals surface area contributed by atoms with Crippen molar-refractivity contribution in [2.75, 3.05) is 0 Å². The van der Waals surface area contributed by atoms with E-state index in [1.165, 1.54) is 24.3 Å². The van der Waals surface area contributed by atoms with Crippen LogP contribution in [0.25, 0.3) is 21.9 Å². The van der Waals surface area contributed by atoms with Gasteiger partial charge in [-0.05, 0) is 58.3 Å². The van der Waals surface area contributed by atoms with Gasteiger partial charge in [0, 0.05) is 12.6 Å². The van der Waals surface area contributed by atoms with Crippen LogP contribution in [0.5, 0.6) is 0 Å². The van der Waals surface area contributed by atoms with Crippen LogP contribution in [0.15, 0.2) is 102 Å². The van der Waals surface area contributed by atoms with Gasteiger partial charge < -0.3 is 4.57 Å². The van der Waals surface area contributed by atoms with Crippen LogP contribution in [0.4, 0.5) is 0 Å². The highest BCUT2D eigenvalue weighted by atomic mass is 32.2. The standard InChI is InChI=1S/C29H21N5O2S/c1-34-19-32-18-28(34)29(33-37(35,36)24-13-9-20(16-30)10-14-24)22-11-12-23(17-31)27(15-22)26-8-4-6-21-5-2-3-7-25(21)26/h2-15,18-19,29,33H,1H3. The number of nitrogens with zero attached hydrogens (tertiary/aromatic N) is 4. The topological polar surface area (TPSA) is 112 Å². The average molecular weight is 504 g/mol. The summed E-state index contributed by atoms with van der Waals surface area (Å²) < 4.78 is 31.4. The van der Waals surface area contributed by atoms with Crippen LogP contribution in [0, 0.1) is 22.7 Å². The number of imidazole rings is 1. The van der Waals surface area contributed by atoms with E-state index >= 15 is 0 Å². The van der Waals surface area contributed by atoms with E-state index < -0.39 is 16.1 Å². The SMILES string of the molecule is Cn1cncc1C(NS(=O)(=O)c1ccc(C#N)cc1)c1ccc(C#N)c(-c2cccc3ccccc23)c1. The van der Waals surface area contributed by atoms with Crippen molar-refractivity contribution in [3.63, 3.8) is 0 Å². The fraction of sp³-hybridized carbons (Fsp3) is 0.0690. The van der Waals surface area contributed by atoms with E-state index in [2.05, 4.69) is 15.8 Å². The molecule has 1 N–H and O–H groups in total. The summed E-state index contributed by atoms with van der Waals surface area (Å²) in [6, 6.07) is 28.4. The molecule has 0 aliphatic carbocycles. The zero-order valence-electron chi connectivity index (χ0n) is 19.8. The summed E-state index contributed by atoms with van der Waals surface area (Å²) in [4.78, 5) is 4.23. The number of rotatable bonds is 6. The van der Waals surface area contributed by atoms with Crippen LogP contribution in [-0.2, 0) is 17.1 Å². The normalized spacial score (nSPS) is 12.1. The van der Waals surface area contributed by atoms with E-state index in [4.69, 9.17) is 5.26 Å². The summed E-state index contributed by atoms with van der Waals surface area (Å²) in [5.41, 5.74) is 3.73. The van der Waals surface area contributed by atoms with Crippen molar-refractivity contribution in [3.05, 3.63) is 120 Å². The maximum atomic E-state index is 13.4. The number of sulfonamides is 1. The number of aryl methyl sites for hydroxylation is 1. The van der Waals surface area contributed by atoms with Gasteiger partial charge in [0.2, 0.25) is 10.0 Å². The van der Waals surface area contributed by atoms with Gasteiger partial charge in [-0.1, -0.05) is 48.5 Å². The van der Waals surface area contributed by atoms with Gasteiger partial charge in [-0.3, -0.25) is 0 Å². The molecule has 0 bridgehead atoms. The van der Waals surface area contributed by atoms with Crippen LogP contribution in [0.1, 0.15) is 28.4 Å². The Bertz CT molecular complexity index is 1800. The molecule has 5 aromatic rings. The van der Waals surface area contributed by atoms with Gasteiger partial charge in [-0.2, -0.15) is 15.2 Å². The van der Waals surface area contributed by atoms with Gasteiger partial charge in [0.15, 0.2) is 0 Å². The Hall–Kier alpha value is -4.76. The van der Waals surface area contributed by atoms with Crippen molar-refractivity contribution in [1.82, 2.24) is 14.3 Å². The molecule has 0 aliphatic heterocycles. The molecule has 0 saturated heterocycles. The molecule has 1 unspecified atom stereocenters. The van der Waals surface area contributed by atoms with Crippen LogP contribution in [-0.4, -0.2) is 18.0 Å². The van der Waals surface area contributed by atoms with Crippen molar-refractivity contribution >= 4 is 20.8 Å². The third-order valence-corrected chi connectivity index (χ3v) is 7.73. The number of nitrogens with one attached hydrogen (secondary N) is 1. The van der Waals surface area contributed by atoms with Gasteiger partial charge >= 0.3 is 0 Å². The molecule has 5 rings (SSSR count). The van der Waals surface area contributed by atoms with Crippen molar-refractivity contribution in [3.8, 4) is 23.3 Å². The zero-order valence-corrected chi connectivity index (χ0v) is 20.6. The van der Waals surface area contributed by atoms with E-state index in [9.17, 15) is 13.7 Å². The first-order valence-corrected chi connectivity index (χ1v) is 12.9. The Balaban J connectivity index is 1.66. The second-order valence-electron chi connectivity index (χ2n) is 8.56. The maximum Gasteiger partial charge on any atom is 0.241 e. The quantitative estimate of drug-likeness (QED) is 0.348. The molecule has 0 saturated carbocycles. The van der Waals surface area contributed by atoms with Crippen LogP contribution in [0.3, 0.4) is 0 Å². The number of fused-ring (bicyclic) bond motifs is 1. The van der Waals surface area contributed by atoms with Gasteiger partial charge in [-0.25, -0.2) is 13.4 Å². The van der Waals surface area contributed by atoms with Gasteiger partial charge in [0.1, 0.15) is 0 Å². The molecule has 8 heteroatoms. The Labute approximate surface area is 214 Å². The third-order valence-electron chi connectivity index (χ3n) is 6.29. The molecular weight excluding hydrogens is 482 g/mol. The first kappa shape index (κ1) is 24.0. The van der Waals surface area contributed by atoms with Crippen molar-refractivity contribution in [2.45, 2.75) is 10.9 Å². The first-order valence-electron chi connectivity index (χ1n) is 11.4. The molecule has 0 fully saturated rings. The van der Waals surface area contributed by atoms with Gasteiger partial charge in [0.05, 0.1) is 52.4 Å². The molecule has 37 heavy (non-hydrogen) atoms. The van der Waals surface area contributed by atoms with Crippen molar-refractivity contribution in [2.24, 2.45) is 7.05 Å². The van der Waals surface area contributed by atoms with E-state index in [-0.39, 0.29) is 4.90 Å². The summed E-state index contributed by atoms with van der Waals surface area (Å²) >= 11 is 0. The highest BCUT2D eigenvalue weighted by Crippen LogP contribution is 2.34.